The van der Waals surface area contributed by atoms with Crippen molar-refractivity contribution in [2.75, 3.05) is 5.75 Å². The Bertz CT molecular complexity index is 585. The van der Waals surface area contributed by atoms with E-state index in [4.69, 9.17) is 0 Å². The van der Waals surface area contributed by atoms with Crippen molar-refractivity contribution in [1.82, 2.24) is 5.32 Å². The van der Waals surface area contributed by atoms with Gasteiger partial charge >= 0.3 is 0 Å². The Hall–Kier alpha value is -0.910. The van der Waals surface area contributed by atoms with Crippen LogP contribution in [0.3, 0.4) is 0 Å². The number of rotatable bonds is 2. The van der Waals surface area contributed by atoms with Gasteiger partial charge in [0.25, 0.3) is 0 Å². The summed E-state index contributed by atoms with van der Waals surface area (Å²) in [7, 11) is -3.12. The highest BCUT2D eigenvalue weighted by Crippen LogP contribution is 2.33. The molecule has 5 heteroatoms. The van der Waals surface area contributed by atoms with Crippen molar-refractivity contribution in [3.63, 3.8) is 0 Å². The number of benzene rings is 1. The van der Waals surface area contributed by atoms with Gasteiger partial charge < -0.3 is 10.4 Å². The Morgan fingerprint density at radius 1 is 1.15 bits per heavy atom. The fourth-order valence-electron chi connectivity index (χ4n) is 3.36. The number of sulfone groups is 1. The summed E-state index contributed by atoms with van der Waals surface area (Å²) in [6.45, 7) is 0. The second-order valence-electron chi connectivity index (χ2n) is 5.88. The average Bonchev–Trinajstić information content (AvgIpc) is 2.43. The molecular formula is C15H21NO3S. The Balaban J connectivity index is 1.81. The van der Waals surface area contributed by atoms with Gasteiger partial charge in [-0.1, -0.05) is 18.2 Å². The number of aliphatic hydroxyl groups excluding tert-OH is 1. The fraction of sp³-hybridized carbons (Fsp3) is 0.600. The van der Waals surface area contributed by atoms with Gasteiger partial charge in [-0.05, 0) is 43.7 Å². The van der Waals surface area contributed by atoms with Crippen LogP contribution in [-0.4, -0.2) is 31.4 Å². The lowest BCUT2D eigenvalue weighted by atomic mass is 9.91. The summed E-state index contributed by atoms with van der Waals surface area (Å²) in [4.78, 5) is 0.472. The lowest BCUT2D eigenvalue weighted by molar-refractivity contribution is 0.108. The number of hydrogen-bond acceptors (Lipinski definition) is 4. The highest BCUT2D eigenvalue weighted by atomic mass is 32.2. The van der Waals surface area contributed by atoms with E-state index in [1.54, 1.807) is 12.1 Å². The normalized spacial score (nSPS) is 32.5. The van der Waals surface area contributed by atoms with Crippen molar-refractivity contribution in [2.24, 2.45) is 0 Å². The highest BCUT2D eigenvalue weighted by molar-refractivity contribution is 7.91. The summed E-state index contributed by atoms with van der Waals surface area (Å²) in [5, 5.41) is 13.3. The molecule has 1 aromatic carbocycles. The summed E-state index contributed by atoms with van der Waals surface area (Å²) in [6, 6.07) is 7.66. The Kier molecular flexibility index (Phi) is 3.84. The third-order valence-corrected chi connectivity index (χ3v) is 6.20. The molecule has 20 heavy (non-hydrogen) atoms. The molecule has 4 nitrogen and oxygen atoms in total. The molecule has 0 saturated heterocycles. The van der Waals surface area contributed by atoms with Crippen molar-refractivity contribution in [2.45, 2.75) is 55.2 Å². The Labute approximate surface area is 120 Å². The first-order valence-corrected chi connectivity index (χ1v) is 8.97. The number of hydrogen-bond donors (Lipinski definition) is 2. The molecular weight excluding hydrogens is 274 g/mol. The first-order chi connectivity index (χ1) is 9.56. The Morgan fingerprint density at radius 2 is 1.95 bits per heavy atom. The minimum atomic E-state index is -3.12. The van der Waals surface area contributed by atoms with E-state index in [-0.39, 0.29) is 23.9 Å². The van der Waals surface area contributed by atoms with Gasteiger partial charge in [0.15, 0.2) is 9.84 Å². The SMILES string of the molecule is O=S1(=O)CCC(NC2CCCC(O)C2)c2ccccc21. The van der Waals surface area contributed by atoms with Crippen LogP contribution in [0.5, 0.6) is 0 Å². The van der Waals surface area contributed by atoms with E-state index >= 15 is 0 Å². The molecule has 1 aliphatic heterocycles. The molecule has 1 saturated carbocycles. The molecule has 0 amide bonds. The van der Waals surface area contributed by atoms with Gasteiger partial charge in [-0.25, -0.2) is 8.42 Å². The van der Waals surface area contributed by atoms with Crippen LogP contribution in [0.1, 0.15) is 43.7 Å². The van der Waals surface area contributed by atoms with Crippen molar-refractivity contribution in [3.05, 3.63) is 29.8 Å². The summed E-state index contributed by atoms with van der Waals surface area (Å²) in [5.41, 5.74) is 0.888. The highest BCUT2D eigenvalue weighted by Gasteiger charge is 2.32. The van der Waals surface area contributed by atoms with Crippen molar-refractivity contribution >= 4 is 9.84 Å². The number of nitrogens with one attached hydrogen (secondary N) is 1. The van der Waals surface area contributed by atoms with Crippen LogP contribution in [0.4, 0.5) is 0 Å². The van der Waals surface area contributed by atoms with Gasteiger partial charge in [0.1, 0.15) is 0 Å². The maximum atomic E-state index is 12.1. The second-order valence-corrected chi connectivity index (χ2v) is 7.96. The summed E-state index contributed by atoms with van der Waals surface area (Å²) >= 11 is 0. The van der Waals surface area contributed by atoms with Gasteiger partial charge in [-0.15, -0.1) is 0 Å². The van der Waals surface area contributed by atoms with Gasteiger partial charge in [0.05, 0.1) is 16.8 Å². The van der Waals surface area contributed by atoms with Crippen LogP contribution in [-0.2, 0) is 9.84 Å². The minimum Gasteiger partial charge on any atom is -0.393 e. The molecule has 0 radical (unpaired) electrons. The summed E-state index contributed by atoms with van der Waals surface area (Å²) < 4.78 is 24.2. The molecule has 0 aromatic heterocycles. The van der Waals surface area contributed by atoms with Crippen LogP contribution < -0.4 is 5.32 Å². The van der Waals surface area contributed by atoms with Gasteiger partial charge in [-0.2, -0.15) is 0 Å². The predicted octanol–water partition coefficient (Wildman–Crippen LogP) is 1.80. The smallest absolute Gasteiger partial charge is 0.178 e. The third kappa shape index (κ3) is 2.75. The monoisotopic (exact) mass is 295 g/mol. The molecule has 1 aromatic rings. The van der Waals surface area contributed by atoms with E-state index in [0.717, 1.165) is 31.2 Å². The zero-order chi connectivity index (χ0) is 14.2. The average molecular weight is 295 g/mol. The lowest BCUT2D eigenvalue weighted by Crippen LogP contribution is -2.40. The maximum absolute atomic E-state index is 12.1. The molecule has 2 N–H and O–H groups in total. The molecule has 3 rings (SSSR count). The largest absolute Gasteiger partial charge is 0.393 e. The van der Waals surface area contributed by atoms with E-state index in [1.807, 2.05) is 12.1 Å². The van der Waals surface area contributed by atoms with E-state index in [1.165, 1.54) is 0 Å². The van der Waals surface area contributed by atoms with Crippen LogP contribution in [0.15, 0.2) is 29.2 Å². The van der Waals surface area contributed by atoms with Crippen LogP contribution in [0.25, 0.3) is 0 Å². The predicted molar refractivity (Wildman–Crippen MR) is 77.3 cm³/mol. The van der Waals surface area contributed by atoms with Crippen molar-refractivity contribution in [1.29, 1.82) is 0 Å². The summed E-state index contributed by atoms with van der Waals surface area (Å²) in [5.74, 6) is 0.205. The molecule has 1 heterocycles. The molecule has 3 unspecified atom stereocenters. The fourth-order valence-corrected chi connectivity index (χ4v) is 4.98. The summed E-state index contributed by atoms with van der Waals surface area (Å²) in [6.07, 6.45) is 4.14. The second kappa shape index (κ2) is 5.47. The topological polar surface area (TPSA) is 66.4 Å². The van der Waals surface area contributed by atoms with Crippen LogP contribution >= 0.6 is 0 Å². The van der Waals surface area contributed by atoms with Crippen LogP contribution in [0, 0.1) is 0 Å². The van der Waals surface area contributed by atoms with Gasteiger partial charge in [-0.3, -0.25) is 0 Å². The van der Waals surface area contributed by atoms with Crippen LogP contribution in [0.2, 0.25) is 0 Å². The molecule has 1 fully saturated rings. The molecule has 0 bridgehead atoms. The number of aliphatic hydroxyl groups is 1. The third-order valence-electron chi connectivity index (χ3n) is 4.39. The minimum absolute atomic E-state index is 0.0880. The lowest BCUT2D eigenvalue weighted by Gasteiger charge is -2.33. The zero-order valence-corrected chi connectivity index (χ0v) is 12.3. The van der Waals surface area contributed by atoms with Gasteiger partial charge in [0.2, 0.25) is 0 Å². The van der Waals surface area contributed by atoms with E-state index < -0.39 is 9.84 Å². The Morgan fingerprint density at radius 3 is 2.75 bits per heavy atom. The quantitative estimate of drug-likeness (QED) is 0.873. The first-order valence-electron chi connectivity index (χ1n) is 7.32. The maximum Gasteiger partial charge on any atom is 0.178 e. The first kappa shape index (κ1) is 14.0. The van der Waals surface area contributed by atoms with E-state index in [9.17, 15) is 13.5 Å². The number of fused-ring (bicyclic) bond motifs is 1. The molecule has 2 aliphatic rings. The zero-order valence-electron chi connectivity index (χ0n) is 11.5. The van der Waals surface area contributed by atoms with Gasteiger partial charge in [0, 0.05) is 12.1 Å². The molecule has 0 spiro atoms. The van der Waals surface area contributed by atoms with Crippen molar-refractivity contribution in [3.8, 4) is 0 Å². The van der Waals surface area contributed by atoms with E-state index in [0.29, 0.717) is 11.3 Å². The molecule has 3 atom stereocenters. The van der Waals surface area contributed by atoms with E-state index in [2.05, 4.69) is 5.32 Å². The molecule has 110 valence electrons. The van der Waals surface area contributed by atoms with Crippen molar-refractivity contribution < 1.29 is 13.5 Å². The standard InChI is InChI=1S/C15H21NO3S/c17-12-5-3-4-11(10-12)16-14-8-9-20(18,19)15-7-2-1-6-13(14)15/h1-2,6-7,11-12,14,16-17H,3-5,8-10H2. The molecule has 1 aliphatic carbocycles.